The average molecular weight is 243 g/mol. The van der Waals surface area contributed by atoms with Crippen LogP contribution in [0, 0.1) is 0 Å². The molecule has 90 valence electrons. The van der Waals surface area contributed by atoms with Gasteiger partial charge in [-0.05, 0) is 17.5 Å². The third-order valence-electron chi connectivity index (χ3n) is 2.21. The van der Waals surface area contributed by atoms with Gasteiger partial charge in [0.2, 0.25) is 0 Å². The van der Waals surface area contributed by atoms with Crippen molar-refractivity contribution in [2.24, 2.45) is 0 Å². The first-order valence-corrected chi connectivity index (χ1v) is 7.09. The van der Waals surface area contributed by atoms with Crippen molar-refractivity contribution in [2.75, 3.05) is 19.1 Å². The van der Waals surface area contributed by atoms with Gasteiger partial charge in [-0.25, -0.2) is 8.42 Å². The molecule has 1 rings (SSSR count). The summed E-state index contributed by atoms with van der Waals surface area (Å²) in [6, 6.07) is 7.81. The molecule has 1 N–H and O–H groups in total. The Morgan fingerprint density at radius 1 is 1.19 bits per heavy atom. The summed E-state index contributed by atoms with van der Waals surface area (Å²) < 4.78 is 22.0. The molecular formula is C11H17NO3S. The van der Waals surface area contributed by atoms with E-state index in [2.05, 4.69) is 5.48 Å². The Kier molecular flexibility index (Phi) is 4.92. The number of benzene rings is 1. The zero-order valence-corrected chi connectivity index (χ0v) is 10.4. The summed E-state index contributed by atoms with van der Waals surface area (Å²) in [6.07, 6.45) is 1.82. The summed E-state index contributed by atoms with van der Waals surface area (Å²) in [5.74, 6) is 0.197. The fourth-order valence-corrected chi connectivity index (χ4v) is 1.89. The second-order valence-electron chi connectivity index (χ2n) is 3.72. The van der Waals surface area contributed by atoms with Crippen molar-refractivity contribution in [3.63, 3.8) is 0 Å². The Balaban J connectivity index is 2.51. The van der Waals surface area contributed by atoms with Crippen molar-refractivity contribution in [2.45, 2.75) is 13.0 Å². The van der Waals surface area contributed by atoms with Crippen LogP contribution in [0.1, 0.15) is 11.1 Å². The van der Waals surface area contributed by atoms with Crippen LogP contribution in [0.2, 0.25) is 0 Å². The van der Waals surface area contributed by atoms with Gasteiger partial charge in [-0.1, -0.05) is 24.3 Å². The van der Waals surface area contributed by atoms with Crippen molar-refractivity contribution < 1.29 is 13.3 Å². The van der Waals surface area contributed by atoms with E-state index in [-0.39, 0.29) is 5.75 Å². The largest absolute Gasteiger partial charge is 0.305 e. The minimum absolute atomic E-state index is 0.197. The van der Waals surface area contributed by atoms with Crippen molar-refractivity contribution in [1.82, 2.24) is 5.48 Å². The van der Waals surface area contributed by atoms with E-state index in [1.807, 2.05) is 24.3 Å². The van der Waals surface area contributed by atoms with E-state index in [0.717, 1.165) is 11.1 Å². The van der Waals surface area contributed by atoms with Crippen LogP contribution in [0.4, 0.5) is 0 Å². The molecule has 0 aliphatic rings. The Bertz CT molecular complexity index is 411. The molecule has 0 aromatic heterocycles. The summed E-state index contributed by atoms with van der Waals surface area (Å²) in [7, 11) is -1.31. The fourth-order valence-electron chi connectivity index (χ4n) is 1.28. The lowest BCUT2D eigenvalue weighted by atomic mass is 10.1. The van der Waals surface area contributed by atoms with Crippen LogP contribution in [-0.2, 0) is 27.6 Å². The van der Waals surface area contributed by atoms with E-state index in [1.165, 1.54) is 6.26 Å². The fraction of sp³-hybridized carbons (Fsp3) is 0.455. The summed E-state index contributed by atoms with van der Waals surface area (Å²) in [6.45, 7) is 0.642. The SMILES string of the molecule is CONCc1ccc(CCS(C)(=O)=O)cc1. The van der Waals surface area contributed by atoms with Gasteiger partial charge in [0.15, 0.2) is 0 Å². The average Bonchev–Trinajstić information content (AvgIpc) is 2.24. The quantitative estimate of drug-likeness (QED) is 0.755. The van der Waals surface area contributed by atoms with E-state index >= 15 is 0 Å². The second-order valence-corrected chi connectivity index (χ2v) is 5.98. The van der Waals surface area contributed by atoms with Crippen LogP contribution in [0.15, 0.2) is 24.3 Å². The molecule has 0 spiro atoms. The normalized spacial score (nSPS) is 11.6. The van der Waals surface area contributed by atoms with E-state index in [0.29, 0.717) is 13.0 Å². The molecule has 0 amide bonds. The summed E-state index contributed by atoms with van der Waals surface area (Å²) in [5, 5.41) is 0. The molecule has 0 saturated heterocycles. The predicted octanol–water partition coefficient (Wildman–Crippen LogP) is 0.925. The van der Waals surface area contributed by atoms with Gasteiger partial charge in [-0.3, -0.25) is 0 Å². The number of hydrogen-bond acceptors (Lipinski definition) is 4. The minimum atomic E-state index is -2.88. The van der Waals surface area contributed by atoms with Crippen LogP contribution in [0.25, 0.3) is 0 Å². The predicted molar refractivity (Wildman–Crippen MR) is 63.7 cm³/mol. The number of rotatable bonds is 6. The van der Waals surface area contributed by atoms with Crippen LogP contribution >= 0.6 is 0 Å². The molecule has 0 heterocycles. The van der Waals surface area contributed by atoms with E-state index in [1.54, 1.807) is 7.11 Å². The smallest absolute Gasteiger partial charge is 0.147 e. The Hall–Kier alpha value is -0.910. The lowest BCUT2D eigenvalue weighted by molar-refractivity contribution is 0.0867. The maximum Gasteiger partial charge on any atom is 0.147 e. The molecule has 0 radical (unpaired) electrons. The summed E-state index contributed by atoms with van der Waals surface area (Å²) in [5.41, 5.74) is 4.88. The van der Waals surface area contributed by atoms with Crippen molar-refractivity contribution in [1.29, 1.82) is 0 Å². The van der Waals surface area contributed by atoms with Crippen molar-refractivity contribution in [3.05, 3.63) is 35.4 Å². The molecule has 0 aliphatic carbocycles. The van der Waals surface area contributed by atoms with Crippen molar-refractivity contribution >= 4 is 9.84 Å². The second kappa shape index (κ2) is 5.98. The molecule has 0 unspecified atom stereocenters. The molecule has 1 aromatic carbocycles. The molecule has 1 aromatic rings. The van der Waals surface area contributed by atoms with Gasteiger partial charge < -0.3 is 4.84 Å². The monoisotopic (exact) mass is 243 g/mol. The number of sulfone groups is 1. The van der Waals surface area contributed by atoms with Gasteiger partial charge in [0.1, 0.15) is 9.84 Å². The Morgan fingerprint density at radius 3 is 2.25 bits per heavy atom. The molecule has 0 aliphatic heterocycles. The third-order valence-corrected chi connectivity index (χ3v) is 3.15. The summed E-state index contributed by atoms with van der Waals surface area (Å²) in [4.78, 5) is 4.74. The summed E-state index contributed by atoms with van der Waals surface area (Å²) >= 11 is 0. The molecule has 5 heteroatoms. The number of hydroxylamine groups is 1. The van der Waals surface area contributed by atoms with Gasteiger partial charge in [0, 0.05) is 12.8 Å². The van der Waals surface area contributed by atoms with Gasteiger partial charge in [0.25, 0.3) is 0 Å². The molecule has 0 bridgehead atoms. The first kappa shape index (κ1) is 13.2. The Morgan fingerprint density at radius 2 is 1.75 bits per heavy atom. The Labute approximate surface area is 96.5 Å². The molecule has 0 atom stereocenters. The lowest BCUT2D eigenvalue weighted by Crippen LogP contribution is -2.10. The zero-order chi connectivity index (χ0) is 12.0. The maximum atomic E-state index is 11.0. The topological polar surface area (TPSA) is 55.4 Å². The highest BCUT2D eigenvalue weighted by molar-refractivity contribution is 7.90. The molecule has 0 saturated carbocycles. The van der Waals surface area contributed by atoms with Gasteiger partial charge >= 0.3 is 0 Å². The third kappa shape index (κ3) is 5.25. The first-order chi connectivity index (χ1) is 7.51. The van der Waals surface area contributed by atoms with E-state index in [4.69, 9.17) is 4.84 Å². The van der Waals surface area contributed by atoms with Crippen LogP contribution in [-0.4, -0.2) is 27.5 Å². The van der Waals surface area contributed by atoms with E-state index in [9.17, 15) is 8.42 Å². The molecule has 16 heavy (non-hydrogen) atoms. The molecule has 4 nitrogen and oxygen atoms in total. The number of nitrogens with one attached hydrogen (secondary N) is 1. The highest BCUT2D eigenvalue weighted by Gasteiger charge is 2.02. The maximum absolute atomic E-state index is 11.0. The van der Waals surface area contributed by atoms with Crippen LogP contribution in [0.3, 0.4) is 0 Å². The first-order valence-electron chi connectivity index (χ1n) is 5.02. The zero-order valence-electron chi connectivity index (χ0n) is 9.56. The number of hydrogen-bond donors (Lipinski definition) is 1. The number of aryl methyl sites for hydroxylation is 1. The highest BCUT2D eigenvalue weighted by atomic mass is 32.2. The van der Waals surface area contributed by atoms with Crippen LogP contribution < -0.4 is 5.48 Å². The highest BCUT2D eigenvalue weighted by Crippen LogP contribution is 2.06. The lowest BCUT2D eigenvalue weighted by Gasteiger charge is -2.04. The van der Waals surface area contributed by atoms with E-state index < -0.39 is 9.84 Å². The standard InChI is InChI=1S/C11H17NO3S/c1-15-12-9-11-5-3-10(4-6-11)7-8-16(2,13)14/h3-6,12H,7-9H2,1-2H3. The minimum Gasteiger partial charge on any atom is -0.305 e. The van der Waals surface area contributed by atoms with Crippen molar-refractivity contribution in [3.8, 4) is 0 Å². The van der Waals surface area contributed by atoms with Gasteiger partial charge in [0.05, 0.1) is 12.9 Å². The molecular weight excluding hydrogens is 226 g/mol. The van der Waals surface area contributed by atoms with Gasteiger partial charge in [-0.15, -0.1) is 0 Å². The van der Waals surface area contributed by atoms with Crippen LogP contribution in [0.5, 0.6) is 0 Å². The molecule has 0 fully saturated rings. The van der Waals surface area contributed by atoms with Gasteiger partial charge in [-0.2, -0.15) is 5.48 Å².